The van der Waals surface area contributed by atoms with Crippen LogP contribution in [0.25, 0.3) is 0 Å². The molecule has 0 amide bonds. The van der Waals surface area contributed by atoms with Crippen molar-refractivity contribution in [2.45, 2.75) is 39.3 Å². The number of nitrogens with one attached hydrogen (secondary N) is 2. The van der Waals surface area contributed by atoms with Crippen LogP contribution in [0.1, 0.15) is 29.7 Å². The van der Waals surface area contributed by atoms with Gasteiger partial charge in [0.15, 0.2) is 0 Å². The molecule has 1 aromatic carbocycles. The summed E-state index contributed by atoms with van der Waals surface area (Å²) in [6.45, 7) is 4.84. The number of aryl methyl sites for hydroxylation is 2. The van der Waals surface area contributed by atoms with Gasteiger partial charge >= 0.3 is 0 Å². The Morgan fingerprint density at radius 3 is 2.75 bits per heavy atom. The van der Waals surface area contributed by atoms with Gasteiger partial charge in [-0.2, -0.15) is 4.98 Å². The number of anilines is 2. The third-order valence-corrected chi connectivity index (χ3v) is 3.32. The summed E-state index contributed by atoms with van der Waals surface area (Å²) in [6.07, 6.45) is 2.49. The van der Waals surface area contributed by atoms with Gasteiger partial charge in [-0.25, -0.2) is 4.98 Å². The van der Waals surface area contributed by atoms with Crippen LogP contribution in [-0.2, 0) is 6.54 Å². The van der Waals surface area contributed by atoms with Crippen LogP contribution in [0.3, 0.4) is 0 Å². The zero-order valence-electron chi connectivity index (χ0n) is 12.0. The third-order valence-electron chi connectivity index (χ3n) is 3.32. The van der Waals surface area contributed by atoms with Gasteiger partial charge in [-0.3, -0.25) is 0 Å². The maximum Gasteiger partial charge on any atom is 0.225 e. The number of nitrogens with zero attached hydrogens (tertiary/aromatic N) is 2. The zero-order valence-corrected chi connectivity index (χ0v) is 12.0. The van der Waals surface area contributed by atoms with Crippen molar-refractivity contribution in [1.29, 1.82) is 0 Å². The molecule has 0 atom stereocenters. The predicted molar refractivity (Wildman–Crippen MR) is 81.9 cm³/mol. The fourth-order valence-corrected chi connectivity index (χ4v) is 2.16. The summed E-state index contributed by atoms with van der Waals surface area (Å²) in [7, 11) is 0. The quantitative estimate of drug-likeness (QED) is 0.873. The van der Waals surface area contributed by atoms with Crippen LogP contribution < -0.4 is 10.6 Å². The van der Waals surface area contributed by atoms with Crippen LogP contribution in [0.15, 0.2) is 30.3 Å². The van der Waals surface area contributed by atoms with Crippen LogP contribution in [0.5, 0.6) is 0 Å². The maximum absolute atomic E-state index is 4.52. The van der Waals surface area contributed by atoms with E-state index < -0.39 is 0 Å². The number of benzene rings is 1. The average molecular weight is 268 g/mol. The minimum atomic E-state index is 0.605. The van der Waals surface area contributed by atoms with Crippen molar-refractivity contribution in [3.63, 3.8) is 0 Å². The molecule has 1 saturated carbocycles. The molecular weight excluding hydrogens is 248 g/mol. The van der Waals surface area contributed by atoms with Gasteiger partial charge in [0.25, 0.3) is 0 Å². The summed E-state index contributed by atoms with van der Waals surface area (Å²) >= 11 is 0. The zero-order chi connectivity index (χ0) is 13.9. The number of hydrogen-bond acceptors (Lipinski definition) is 4. The van der Waals surface area contributed by atoms with Crippen LogP contribution in [0.2, 0.25) is 0 Å². The molecule has 1 heterocycles. The molecule has 0 bridgehead atoms. The van der Waals surface area contributed by atoms with Crippen LogP contribution in [0, 0.1) is 13.8 Å². The fraction of sp³-hybridized carbons (Fsp3) is 0.375. The summed E-state index contributed by atoms with van der Waals surface area (Å²) in [6, 6.07) is 11.1. The molecule has 0 saturated heterocycles. The predicted octanol–water partition coefficient (Wildman–Crippen LogP) is 3.28. The molecule has 2 aromatic rings. The Morgan fingerprint density at radius 1 is 1.15 bits per heavy atom. The molecule has 20 heavy (non-hydrogen) atoms. The first-order valence-electron chi connectivity index (χ1n) is 7.11. The smallest absolute Gasteiger partial charge is 0.225 e. The standard InChI is InChI=1S/C16H20N4/c1-11-4-3-5-13(8-11)10-17-16-18-12(2)9-15(20-16)19-14-6-7-14/h3-5,8-9,14H,6-7,10H2,1-2H3,(H2,17,18,19,20). The van der Waals surface area contributed by atoms with E-state index in [1.54, 1.807) is 0 Å². The summed E-state index contributed by atoms with van der Waals surface area (Å²) in [5.74, 6) is 1.61. The lowest BCUT2D eigenvalue weighted by Gasteiger charge is -2.09. The van der Waals surface area contributed by atoms with Gasteiger partial charge in [-0.05, 0) is 32.3 Å². The SMILES string of the molecule is Cc1cccc(CNc2nc(C)cc(NC3CC3)n2)c1. The normalized spacial score (nSPS) is 14.1. The molecule has 0 aliphatic heterocycles. The third kappa shape index (κ3) is 3.47. The number of rotatable bonds is 5. The van der Waals surface area contributed by atoms with E-state index in [9.17, 15) is 0 Å². The molecule has 4 heteroatoms. The minimum absolute atomic E-state index is 0.605. The van der Waals surface area contributed by atoms with Crippen molar-refractivity contribution in [1.82, 2.24) is 9.97 Å². The molecule has 2 N–H and O–H groups in total. The van der Waals surface area contributed by atoms with Crippen LogP contribution in [0.4, 0.5) is 11.8 Å². The fourth-order valence-electron chi connectivity index (χ4n) is 2.16. The summed E-state index contributed by atoms with van der Waals surface area (Å²) in [5, 5.41) is 6.71. The Bertz CT molecular complexity index is 605. The first-order chi connectivity index (χ1) is 9.69. The van der Waals surface area contributed by atoms with E-state index in [1.807, 2.05) is 13.0 Å². The second-order valence-electron chi connectivity index (χ2n) is 5.48. The lowest BCUT2D eigenvalue weighted by atomic mass is 10.1. The van der Waals surface area contributed by atoms with E-state index in [-0.39, 0.29) is 0 Å². The van der Waals surface area contributed by atoms with Crippen molar-refractivity contribution >= 4 is 11.8 Å². The van der Waals surface area contributed by atoms with E-state index in [2.05, 4.69) is 51.8 Å². The van der Waals surface area contributed by atoms with Crippen molar-refractivity contribution in [3.05, 3.63) is 47.2 Å². The van der Waals surface area contributed by atoms with E-state index in [4.69, 9.17) is 0 Å². The topological polar surface area (TPSA) is 49.8 Å². The van der Waals surface area contributed by atoms with Gasteiger partial charge in [0.2, 0.25) is 5.95 Å². The van der Waals surface area contributed by atoms with E-state index in [0.717, 1.165) is 18.1 Å². The summed E-state index contributed by atoms with van der Waals surface area (Å²) in [5.41, 5.74) is 3.49. The molecule has 4 nitrogen and oxygen atoms in total. The highest BCUT2D eigenvalue weighted by Crippen LogP contribution is 2.24. The first-order valence-corrected chi connectivity index (χ1v) is 7.11. The Kier molecular flexibility index (Phi) is 3.54. The monoisotopic (exact) mass is 268 g/mol. The molecule has 3 rings (SSSR count). The van der Waals surface area contributed by atoms with Crippen molar-refractivity contribution in [2.75, 3.05) is 10.6 Å². The Morgan fingerprint density at radius 2 is 2.00 bits per heavy atom. The van der Waals surface area contributed by atoms with E-state index in [1.165, 1.54) is 24.0 Å². The van der Waals surface area contributed by atoms with Crippen molar-refractivity contribution < 1.29 is 0 Å². The maximum atomic E-state index is 4.52. The Labute approximate surface area is 119 Å². The first kappa shape index (κ1) is 12.9. The van der Waals surface area contributed by atoms with Gasteiger partial charge < -0.3 is 10.6 Å². The Balaban J connectivity index is 1.68. The second-order valence-corrected chi connectivity index (χ2v) is 5.48. The summed E-state index contributed by atoms with van der Waals surface area (Å²) < 4.78 is 0. The van der Waals surface area contributed by atoms with E-state index in [0.29, 0.717) is 12.0 Å². The van der Waals surface area contributed by atoms with Gasteiger partial charge in [-0.15, -0.1) is 0 Å². The molecule has 0 unspecified atom stereocenters. The molecule has 1 aliphatic rings. The molecule has 104 valence electrons. The molecule has 0 spiro atoms. The van der Waals surface area contributed by atoms with E-state index >= 15 is 0 Å². The molecule has 0 radical (unpaired) electrons. The van der Waals surface area contributed by atoms with Gasteiger partial charge in [0, 0.05) is 24.3 Å². The van der Waals surface area contributed by atoms with Gasteiger partial charge in [-0.1, -0.05) is 29.8 Å². The molecule has 1 aliphatic carbocycles. The van der Waals surface area contributed by atoms with Crippen molar-refractivity contribution in [3.8, 4) is 0 Å². The number of hydrogen-bond donors (Lipinski definition) is 2. The highest BCUT2D eigenvalue weighted by atomic mass is 15.2. The molecule has 1 aromatic heterocycles. The lowest BCUT2D eigenvalue weighted by Crippen LogP contribution is -2.09. The highest BCUT2D eigenvalue weighted by molar-refractivity contribution is 5.44. The van der Waals surface area contributed by atoms with Gasteiger partial charge in [0.05, 0.1) is 0 Å². The number of aromatic nitrogens is 2. The largest absolute Gasteiger partial charge is 0.367 e. The lowest BCUT2D eigenvalue weighted by molar-refractivity contribution is 1.01. The van der Waals surface area contributed by atoms with Crippen molar-refractivity contribution in [2.24, 2.45) is 0 Å². The Hall–Kier alpha value is -2.10. The second kappa shape index (κ2) is 5.49. The summed E-state index contributed by atoms with van der Waals surface area (Å²) in [4.78, 5) is 8.95. The average Bonchev–Trinajstić information content (AvgIpc) is 3.20. The van der Waals surface area contributed by atoms with Crippen LogP contribution >= 0.6 is 0 Å². The minimum Gasteiger partial charge on any atom is -0.367 e. The van der Waals surface area contributed by atoms with Crippen LogP contribution in [-0.4, -0.2) is 16.0 Å². The van der Waals surface area contributed by atoms with Gasteiger partial charge in [0.1, 0.15) is 5.82 Å². The molecular formula is C16H20N4. The molecule has 1 fully saturated rings. The highest BCUT2D eigenvalue weighted by Gasteiger charge is 2.21.